The van der Waals surface area contributed by atoms with Gasteiger partial charge >= 0.3 is 0 Å². The van der Waals surface area contributed by atoms with E-state index in [0.717, 1.165) is 20.9 Å². The molecule has 21 heavy (non-hydrogen) atoms. The van der Waals surface area contributed by atoms with Crippen LogP contribution in [0.5, 0.6) is 11.5 Å². The summed E-state index contributed by atoms with van der Waals surface area (Å²) in [5.41, 5.74) is 4.77. The number of aryl methyl sites for hydroxylation is 1. The van der Waals surface area contributed by atoms with Gasteiger partial charge in [0.1, 0.15) is 0 Å². The number of ether oxygens (including phenoxy) is 2. The van der Waals surface area contributed by atoms with Gasteiger partial charge in [-0.1, -0.05) is 0 Å². The predicted molar refractivity (Wildman–Crippen MR) is 89.9 cm³/mol. The number of nitrogens with zero attached hydrogens (tertiary/aromatic N) is 2. The van der Waals surface area contributed by atoms with Crippen molar-refractivity contribution in [3.63, 3.8) is 0 Å². The number of halogens is 1. The van der Waals surface area contributed by atoms with Crippen LogP contribution in [0.25, 0.3) is 0 Å². The van der Waals surface area contributed by atoms with Gasteiger partial charge in [0.15, 0.2) is 11.5 Å². The van der Waals surface area contributed by atoms with E-state index in [9.17, 15) is 0 Å². The van der Waals surface area contributed by atoms with E-state index in [1.165, 1.54) is 11.3 Å². The van der Waals surface area contributed by atoms with Crippen molar-refractivity contribution in [3.8, 4) is 11.5 Å². The van der Waals surface area contributed by atoms with Crippen LogP contribution in [0, 0.1) is 6.92 Å². The van der Waals surface area contributed by atoms with Crippen molar-refractivity contribution in [1.82, 2.24) is 4.98 Å². The van der Waals surface area contributed by atoms with Crippen molar-refractivity contribution in [2.24, 2.45) is 5.10 Å². The number of methoxy groups -OCH3 is 1. The summed E-state index contributed by atoms with van der Waals surface area (Å²) >= 11 is 4.99. The van der Waals surface area contributed by atoms with Gasteiger partial charge in [-0.3, -0.25) is 5.43 Å². The highest BCUT2D eigenvalue weighted by molar-refractivity contribution is 9.10. The molecule has 0 spiro atoms. The van der Waals surface area contributed by atoms with Gasteiger partial charge in [-0.25, -0.2) is 4.98 Å². The molecular formula is C14H16BrN3O2S. The lowest BCUT2D eigenvalue weighted by Gasteiger charge is -2.11. The largest absolute Gasteiger partial charge is 0.492 e. The Kier molecular flexibility index (Phi) is 5.58. The molecule has 2 aromatic rings. The zero-order valence-electron chi connectivity index (χ0n) is 12.0. The lowest BCUT2D eigenvalue weighted by atomic mass is 10.2. The summed E-state index contributed by atoms with van der Waals surface area (Å²) in [5.74, 6) is 1.36. The third-order valence-corrected chi connectivity index (χ3v) is 3.98. The maximum atomic E-state index is 5.57. The summed E-state index contributed by atoms with van der Waals surface area (Å²) in [6.07, 6.45) is 1.71. The molecule has 0 saturated carbocycles. The summed E-state index contributed by atoms with van der Waals surface area (Å²) in [7, 11) is 1.61. The molecule has 0 saturated heterocycles. The number of nitrogens with one attached hydrogen (secondary N) is 1. The van der Waals surface area contributed by atoms with E-state index in [1.54, 1.807) is 13.3 Å². The van der Waals surface area contributed by atoms with Gasteiger partial charge in [-0.2, -0.15) is 5.10 Å². The average molecular weight is 370 g/mol. The third-order valence-electron chi connectivity index (χ3n) is 2.53. The van der Waals surface area contributed by atoms with Crippen molar-refractivity contribution >= 4 is 38.6 Å². The van der Waals surface area contributed by atoms with Crippen LogP contribution in [0.4, 0.5) is 5.13 Å². The number of benzene rings is 1. The molecule has 1 heterocycles. The fourth-order valence-electron chi connectivity index (χ4n) is 1.69. The molecule has 0 unspecified atom stereocenters. The highest BCUT2D eigenvalue weighted by Gasteiger charge is 2.10. The van der Waals surface area contributed by atoms with E-state index < -0.39 is 0 Å². The summed E-state index contributed by atoms with van der Waals surface area (Å²) in [6.45, 7) is 4.45. The van der Waals surface area contributed by atoms with Crippen LogP contribution in [0.1, 0.15) is 18.2 Å². The average Bonchev–Trinajstić information content (AvgIpc) is 2.85. The number of hydrogen-bond acceptors (Lipinski definition) is 6. The van der Waals surface area contributed by atoms with Crippen molar-refractivity contribution < 1.29 is 9.47 Å². The first-order chi connectivity index (χ1) is 10.1. The molecule has 1 aromatic carbocycles. The Morgan fingerprint density at radius 1 is 1.48 bits per heavy atom. The maximum absolute atomic E-state index is 5.57. The third kappa shape index (κ3) is 4.18. The lowest BCUT2D eigenvalue weighted by molar-refractivity contribution is 0.310. The second kappa shape index (κ2) is 7.42. The van der Waals surface area contributed by atoms with Gasteiger partial charge in [0.25, 0.3) is 0 Å². The van der Waals surface area contributed by atoms with E-state index >= 15 is 0 Å². The number of hydrazone groups is 1. The number of anilines is 1. The Morgan fingerprint density at radius 2 is 2.29 bits per heavy atom. The molecule has 0 radical (unpaired) electrons. The van der Waals surface area contributed by atoms with Gasteiger partial charge in [0.2, 0.25) is 5.13 Å². The molecule has 5 nitrogen and oxygen atoms in total. The van der Waals surface area contributed by atoms with Crippen molar-refractivity contribution in [2.75, 3.05) is 19.1 Å². The number of hydrogen-bond donors (Lipinski definition) is 1. The van der Waals surface area contributed by atoms with Gasteiger partial charge in [-0.15, -0.1) is 11.3 Å². The molecule has 2 rings (SSSR count). The van der Waals surface area contributed by atoms with Crippen LogP contribution in [-0.2, 0) is 0 Å². The van der Waals surface area contributed by atoms with Crippen molar-refractivity contribution in [3.05, 3.63) is 33.2 Å². The van der Waals surface area contributed by atoms with Crippen LogP contribution in [0.15, 0.2) is 27.1 Å². The molecule has 0 amide bonds. The lowest BCUT2D eigenvalue weighted by Crippen LogP contribution is -1.98. The minimum Gasteiger partial charge on any atom is -0.492 e. The van der Waals surface area contributed by atoms with Gasteiger partial charge in [-0.05, 0) is 47.5 Å². The fourth-order valence-corrected chi connectivity index (χ4v) is 2.95. The Hall–Kier alpha value is -1.60. The van der Waals surface area contributed by atoms with Crippen LogP contribution >= 0.6 is 27.3 Å². The monoisotopic (exact) mass is 369 g/mol. The van der Waals surface area contributed by atoms with Gasteiger partial charge < -0.3 is 9.47 Å². The molecule has 0 bridgehead atoms. The van der Waals surface area contributed by atoms with Crippen LogP contribution in [0.2, 0.25) is 0 Å². The van der Waals surface area contributed by atoms with Crippen LogP contribution < -0.4 is 14.9 Å². The Bertz CT molecular complexity index is 643. The zero-order chi connectivity index (χ0) is 15.2. The highest BCUT2D eigenvalue weighted by atomic mass is 79.9. The fraction of sp³-hybridized carbons (Fsp3) is 0.286. The first kappa shape index (κ1) is 15.8. The van der Waals surface area contributed by atoms with Gasteiger partial charge in [0.05, 0.1) is 30.1 Å². The SMILES string of the molecule is CCOc1cc(/C=N\Nc2nc(C)cs2)cc(Br)c1OC. The zero-order valence-corrected chi connectivity index (χ0v) is 14.4. The quantitative estimate of drug-likeness (QED) is 0.615. The van der Waals surface area contributed by atoms with Crippen molar-refractivity contribution in [2.45, 2.75) is 13.8 Å². The molecule has 0 aliphatic carbocycles. The van der Waals surface area contributed by atoms with E-state index in [4.69, 9.17) is 9.47 Å². The summed E-state index contributed by atoms with van der Waals surface area (Å²) in [5, 5.41) is 6.91. The summed E-state index contributed by atoms with van der Waals surface area (Å²) < 4.78 is 11.7. The van der Waals surface area contributed by atoms with Crippen molar-refractivity contribution in [1.29, 1.82) is 0 Å². The molecule has 1 aromatic heterocycles. The molecule has 0 aliphatic heterocycles. The molecule has 1 N–H and O–H groups in total. The smallest absolute Gasteiger partial charge is 0.203 e. The predicted octanol–water partition coefficient (Wildman–Crippen LogP) is 4.07. The molecule has 0 aliphatic rings. The van der Waals surface area contributed by atoms with E-state index in [-0.39, 0.29) is 0 Å². The van der Waals surface area contributed by atoms with Gasteiger partial charge in [0, 0.05) is 5.38 Å². The van der Waals surface area contributed by atoms with E-state index in [1.807, 2.05) is 31.4 Å². The summed E-state index contributed by atoms with van der Waals surface area (Å²) in [6, 6.07) is 3.80. The topological polar surface area (TPSA) is 55.7 Å². The number of aromatic nitrogens is 1. The Balaban J connectivity index is 2.15. The highest BCUT2D eigenvalue weighted by Crippen LogP contribution is 2.36. The number of rotatable bonds is 6. The standard InChI is InChI=1S/C14H16BrN3O2S/c1-4-20-12-6-10(5-11(15)13(12)19-3)7-16-18-14-17-9(2)8-21-14/h5-8H,4H2,1-3H3,(H,17,18)/b16-7-. The minimum atomic E-state index is 0.569. The van der Waals surface area contributed by atoms with Crippen LogP contribution in [0.3, 0.4) is 0 Å². The van der Waals surface area contributed by atoms with E-state index in [2.05, 4.69) is 31.4 Å². The Morgan fingerprint density at radius 3 is 2.90 bits per heavy atom. The second-order valence-corrected chi connectivity index (χ2v) is 5.84. The Labute approximate surface area is 136 Å². The summed E-state index contributed by atoms with van der Waals surface area (Å²) in [4.78, 5) is 4.27. The molecule has 0 atom stereocenters. The van der Waals surface area contributed by atoms with Crippen LogP contribution in [-0.4, -0.2) is 24.9 Å². The normalized spacial score (nSPS) is 10.9. The van der Waals surface area contributed by atoms with E-state index in [0.29, 0.717) is 18.1 Å². The maximum Gasteiger partial charge on any atom is 0.203 e. The molecule has 0 fully saturated rings. The number of thiazole rings is 1. The molecular weight excluding hydrogens is 354 g/mol. The first-order valence-corrected chi connectivity index (χ1v) is 8.02. The molecule has 112 valence electrons. The second-order valence-electron chi connectivity index (χ2n) is 4.13. The molecule has 7 heteroatoms. The minimum absolute atomic E-state index is 0.569. The first-order valence-electron chi connectivity index (χ1n) is 6.35.